The van der Waals surface area contributed by atoms with Crippen molar-refractivity contribution in [2.75, 3.05) is 13.2 Å². The predicted molar refractivity (Wildman–Crippen MR) is 51.0 cm³/mol. The molecule has 0 saturated heterocycles. The second-order valence-corrected chi connectivity index (χ2v) is 2.69. The Labute approximate surface area is 86.7 Å². The van der Waals surface area contributed by atoms with Crippen LogP contribution in [0.2, 0.25) is 0 Å². The third kappa shape index (κ3) is 4.17. The zero-order valence-electron chi connectivity index (χ0n) is 8.27. The molecule has 15 heavy (non-hydrogen) atoms. The van der Waals surface area contributed by atoms with E-state index in [4.69, 9.17) is 0 Å². The minimum Gasteiger partial charge on any atom is -0.464 e. The minimum absolute atomic E-state index is 0.154. The van der Waals surface area contributed by atoms with Crippen LogP contribution in [-0.2, 0) is 9.53 Å². The summed E-state index contributed by atoms with van der Waals surface area (Å²) >= 11 is 0. The van der Waals surface area contributed by atoms with Gasteiger partial charge in [-0.2, -0.15) is 0 Å². The van der Waals surface area contributed by atoms with Gasteiger partial charge in [-0.25, -0.2) is 4.98 Å². The molecule has 0 aliphatic rings. The highest BCUT2D eigenvalue weighted by Crippen LogP contribution is 1.88. The highest BCUT2D eigenvalue weighted by atomic mass is 16.5. The van der Waals surface area contributed by atoms with E-state index in [0.29, 0.717) is 0 Å². The van der Waals surface area contributed by atoms with Crippen LogP contribution in [0.5, 0.6) is 0 Å². The number of amides is 1. The van der Waals surface area contributed by atoms with E-state index in [2.05, 4.69) is 20.0 Å². The number of aromatic nitrogens is 2. The molecule has 6 heteroatoms. The van der Waals surface area contributed by atoms with Gasteiger partial charge in [-0.1, -0.05) is 0 Å². The van der Waals surface area contributed by atoms with Gasteiger partial charge in [-0.15, -0.1) is 0 Å². The lowest BCUT2D eigenvalue weighted by molar-refractivity contribution is -0.140. The molecule has 0 aliphatic heterocycles. The van der Waals surface area contributed by atoms with Crippen LogP contribution in [-0.4, -0.2) is 35.0 Å². The van der Waals surface area contributed by atoms with Crippen molar-refractivity contribution in [2.24, 2.45) is 0 Å². The van der Waals surface area contributed by atoms with E-state index in [1.165, 1.54) is 25.5 Å². The molecule has 0 saturated carbocycles. The quantitative estimate of drug-likeness (QED) is 0.547. The van der Waals surface area contributed by atoms with Gasteiger partial charge in [0.15, 0.2) is 0 Å². The van der Waals surface area contributed by atoms with E-state index in [9.17, 15) is 9.59 Å². The summed E-state index contributed by atoms with van der Waals surface area (Å²) in [6, 6.07) is 0. The van der Waals surface area contributed by atoms with E-state index >= 15 is 0 Å². The Bertz CT molecular complexity index is 340. The fourth-order valence-electron chi connectivity index (χ4n) is 0.866. The monoisotopic (exact) mass is 209 g/mol. The number of rotatable bonds is 4. The van der Waals surface area contributed by atoms with Gasteiger partial charge in [0, 0.05) is 19.3 Å². The second-order valence-electron chi connectivity index (χ2n) is 2.69. The fraction of sp³-hybridized carbons (Fsp3) is 0.333. The molecule has 1 aromatic heterocycles. The molecule has 0 spiro atoms. The Morgan fingerprint density at radius 1 is 1.47 bits per heavy atom. The number of ether oxygens (including phenoxy) is 1. The van der Waals surface area contributed by atoms with E-state index in [1.807, 2.05) is 0 Å². The molecular weight excluding hydrogens is 198 g/mol. The van der Waals surface area contributed by atoms with Crippen molar-refractivity contribution in [1.82, 2.24) is 15.3 Å². The minimum atomic E-state index is -0.372. The lowest BCUT2D eigenvalue weighted by Gasteiger charge is -2.03. The lowest BCUT2D eigenvalue weighted by atomic mass is 10.4. The molecule has 0 aromatic carbocycles. The lowest BCUT2D eigenvalue weighted by Crippen LogP contribution is -2.28. The van der Waals surface area contributed by atoms with Crippen LogP contribution in [0.25, 0.3) is 0 Å². The molecule has 0 radical (unpaired) electrons. The Morgan fingerprint density at radius 3 is 2.87 bits per heavy atom. The van der Waals surface area contributed by atoms with Crippen molar-refractivity contribution in [1.29, 1.82) is 0 Å². The third-order valence-electron chi connectivity index (χ3n) is 1.49. The molecule has 1 rings (SSSR count). The maximum absolute atomic E-state index is 11.3. The molecule has 0 bridgehead atoms. The van der Waals surface area contributed by atoms with Gasteiger partial charge in [0.25, 0.3) is 5.91 Å². The normalized spacial score (nSPS) is 9.40. The Balaban J connectivity index is 2.28. The topological polar surface area (TPSA) is 81.2 Å². The molecule has 0 unspecified atom stereocenters. The molecule has 80 valence electrons. The maximum Gasteiger partial charge on any atom is 0.302 e. The van der Waals surface area contributed by atoms with Crippen molar-refractivity contribution in [3.63, 3.8) is 0 Å². The van der Waals surface area contributed by atoms with Crippen LogP contribution >= 0.6 is 0 Å². The largest absolute Gasteiger partial charge is 0.464 e. The Morgan fingerprint density at radius 2 is 2.27 bits per heavy atom. The van der Waals surface area contributed by atoms with E-state index in [-0.39, 0.29) is 30.7 Å². The number of carbonyl (C=O) groups excluding carboxylic acids is 2. The number of carbonyl (C=O) groups is 2. The number of nitrogens with one attached hydrogen (secondary N) is 1. The fourth-order valence-corrected chi connectivity index (χ4v) is 0.866. The smallest absolute Gasteiger partial charge is 0.302 e. The molecule has 0 aliphatic carbocycles. The van der Waals surface area contributed by atoms with Gasteiger partial charge in [0.1, 0.15) is 12.3 Å². The number of nitrogens with zero attached hydrogens (tertiary/aromatic N) is 2. The maximum atomic E-state index is 11.3. The molecule has 6 nitrogen and oxygen atoms in total. The molecule has 1 aromatic rings. The van der Waals surface area contributed by atoms with Gasteiger partial charge < -0.3 is 10.1 Å². The van der Waals surface area contributed by atoms with E-state index in [0.717, 1.165) is 0 Å². The molecule has 0 atom stereocenters. The van der Waals surface area contributed by atoms with Crippen LogP contribution in [0, 0.1) is 0 Å². The van der Waals surface area contributed by atoms with Crippen LogP contribution in [0.1, 0.15) is 17.4 Å². The summed E-state index contributed by atoms with van der Waals surface area (Å²) in [4.78, 5) is 29.3. The summed E-state index contributed by atoms with van der Waals surface area (Å²) in [6.45, 7) is 1.72. The summed E-state index contributed by atoms with van der Waals surface area (Å²) in [5.74, 6) is -0.709. The number of hydrogen-bond acceptors (Lipinski definition) is 5. The van der Waals surface area contributed by atoms with Crippen molar-refractivity contribution in [2.45, 2.75) is 6.92 Å². The van der Waals surface area contributed by atoms with Crippen molar-refractivity contribution < 1.29 is 14.3 Å². The highest BCUT2D eigenvalue weighted by molar-refractivity contribution is 5.91. The standard InChI is InChI=1S/C9H11N3O3/c1-7(13)15-5-4-12-9(14)8-6-10-2-3-11-8/h2-3,6H,4-5H2,1H3,(H,12,14). The third-order valence-corrected chi connectivity index (χ3v) is 1.49. The average molecular weight is 209 g/mol. The van der Waals surface area contributed by atoms with Crippen LogP contribution < -0.4 is 5.32 Å². The first-order chi connectivity index (χ1) is 7.20. The molecule has 1 heterocycles. The average Bonchev–Trinajstić information content (AvgIpc) is 2.25. The number of esters is 1. The summed E-state index contributed by atoms with van der Waals surface area (Å²) in [7, 11) is 0. The highest BCUT2D eigenvalue weighted by Gasteiger charge is 2.05. The van der Waals surface area contributed by atoms with Crippen LogP contribution in [0.15, 0.2) is 18.6 Å². The summed E-state index contributed by atoms with van der Waals surface area (Å²) in [5.41, 5.74) is 0.236. The zero-order chi connectivity index (χ0) is 11.1. The zero-order valence-corrected chi connectivity index (χ0v) is 8.27. The summed E-state index contributed by atoms with van der Waals surface area (Å²) < 4.78 is 4.64. The predicted octanol–water partition coefficient (Wildman–Crippen LogP) is -0.231. The van der Waals surface area contributed by atoms with Crippen LogP contribution in [0.3, 0.4) is 0 Å². The molecule has 1 N–H and O–H groups in total. The van der Waals surface area contributed by atoms with Gasteiger partial charge in [-0.3, -0.25) is 14.6 Å². The first-order valence-electron chi connectivity index (χ1n) is 4.37. The van der Waals surface area contributed by atoms with Gasteiger partial charge in [0.05, 0.1) is 12.7 Å². The summed E-state index contributed by atoms with van der Waals surface area (Å²) in [6.07, 6.45) is 4.28. The summed E-state index contributed by atoms with van der Waals surface area (Å²) in [5, 5.41) is 2.54. The first-order valence-corrected chi connectivity index (χ1v) is 4.37. The van der Waals surface area contributed by atoms with Crippen molar-refractivity contribution >= 4 is 11.9 Å². The number of hydrogen-bond donors (Lipinski definition) is 1. The first kappa shape index (κ1) is 11.1. The van der Waals surface area contributed by atoms with Gasteiger partial charge in [0.2, 0.25) is 0 Å². The van der Waals surface area contributed by atoms with Gasteiger partial charge in [-0.05, 0) is 0 Å². The Hall–Kier alpha value is -1.98. The second kappa shape index (κ2) is 5.69. The van der Waals surface area contributed by atoms with Gasteiger partial charge >= 0.3 is 5.97 Å². The van der Waals surface area contributed by atoms with E-state index < -0.39 is 0 Å². The van der Waals surface area contributed by atoms with Crippen molar-refractivity contribution in [3.8, 4) is 0 Å². The molecule has 0 fully saturated rings. The Kier molecular flexibility index (Phi) is 4.21. The van der Waals surface area contributed by atoms with Crippen LogP contribution in [0.4, 0.5) is 0 Å². The molecule has 1 amide bonds. The SMILES string of the molecule is CC(=O)OCCNC(=O)c1cnccn1. The molecular formula is C9H11N3O3. The van der Waals surface area contributed by atoms with Crippen molar-refractivity contribution in [3.05, 3.63) is 24.3 Å². The van der Waals surface area contributed by atoms with E-state index in [1.54, 1.807) is 0 Å².